The fraction of sp³-hybridized carbons (Fsp3) is 0.133. The Hall–Kier alpha value is -3.98. The summed E-state index contributed by atoms with van der Waals surface area (Å²) in [7, 11) is 0. The Morgan fingerprint density at radius 2 is 1.39 bits per heavy atom. The highest BCUT2D eigenvalue weighted by molar-refractivity contribution is 6.03. The molecule has 162 valence electrons. The lowest BCUT2D eigenvalue weighted by atomic mass is 9.98. The summed E-state index contributed by atoms with van der Waals surface area (Å²) in [5.41, 5.74) is 6.96. The lowest BCUT2D eigenvalue weighted by molar-refractivity contribution is 0.709. The molecule has 4 aromatic carbocycles. The Morgan fingerprint density at radius 1 is 0.788 bits per heavy atom. The van der Waals surface area contributed by atoms with E-state index in [2.05, 4.69) is 115 Å². The van der Waals surface area contributed by atoms with Gasteiger partial charge in [0.25, 0.3) is 0 Å². The lowest BCUT2D eigenvalue weighted by Crippen LogP contribution is -2.18. The molecule has 0 aromatic heterocycles. The minimum absolute atomic E-state index is 0.130. The third-order valence-corrected chi connectivity index (χ3v) is 6.09. The summed E-state index contributed by atoms with van der Waals surface area (Å²) in [6.07, 6.45) is 2.84. The fourth-order valence-corrected chi connectivity index (χ4v) is 4.22. The molecule has 33 heavy (non-hydrogen) atoms. The van der Waals surface area contributed by atoms with Crippen LogP contribution in [-0.2, 0) is 0 Å². The maximum Gasteiger partial charge on any atom is 0.0831 e. The Kier molecular flexibility index (Phi) is 6.12. The summed E-state index contributed by atoms with van der Waals surface area (Å²) in [5, 5.41) is 7.20. The lowest BCUT2D eigenvalue weighted by Gasteiger charge is -2.24. The summed E-state index contributed by atoms with van der Waals surface area (Å²) in [5.74, 6) is 0. The van der Waals surface area contributed by atoms with Gasteiger partial charge in [-0.15, -0.1) is 0 Å². The summed E-state index contributed by atoms with van der Waals surface area (Å²) in [6, 6.07) is 40.3. The minimum atomic E-state index is 0.130. The molecule has 4 aromatic rings. The molecule has 0 saturated heterocycles. The van der Waals surface area contributed by atoms with Crippen molar-refractivity contribution in [3.63, 3.8) is 0 Å². The monoisotopic (exact) mass is 429 g/mol. The van der Waals surface area contributed by atoms with E-state index in [4.69, 9.17) is 10.1 Å². The molecule has 3 heteroatoms. The first-order valence-corrected chi connectivity index (χ1v) is 11.4. The average Bonchev–Trinajstić information content (AvgIpc) is 3.35. The number of nitrogens with zero attached hydrogens (tertiary/aromatic N) is 3. The molecule has 1 heterocycles. The van der Waals surface area contributed by atoms with Crippen molar-refractivity contribution < 1.29 is 0 Å². The predicted molar refractivity (Wildman–Crippen MR) is 138 cm³/mol. The van der Waals surface area contributed by atoms with Crippen LogP contribution in [0.3, 0.4) is 0 Å². The Bertz CT molecular complexity index is 1230. The number of aliphatic imine (C=N–C) groups is 1. The van der Waals surface area contributed by atoms with Crippen molar-refractivity contribution in [3.8, 4) is 0 Å². The van der Waals surface area contributed by atoms with E-state index in [9.17, 15) is 0 Å². The van der Waals surface area contributed by atoms with Gasteiger partial charge in [-0.05, 0) is 41.3 Å². The maximum atomic E-state index is 5.05. The number of rotatable bonds is 6. The number of benzene rings is 4. The van der Waals surface area contributed by atoms with Gasteiger partial charge in [0.1, 0.15) is 0 Å². The van der Waals surface area contributed by atoms with E-state index in [1.54, 1.807) is 0 Å². The Labute approximate surface area is 195 Å². The van der Waals surface area contributed by atoms with Crippen LogP contribution < -0.4 is 5.01 Å². The molecular formula is C30H27N3. The Balaban J connectivity index is 1.40. The molecule has 5 rings (SSSR count). The highest BCUT2D eigenvalue weighted by Crippen LogP contribution is 2.36. The third kappa shape index (κ3) is 4.78. The van der Waals surface area contributed by atoms with E-state index in [1.807, 2.05) is 18.3 Å². The zero-order valence-electron chi connectivity index (χ0n) is 18.8. The maximum absolute atomic E-state index is 5.05. The van der Waals surface area contributed by atoms with Gasteiger partial charge in [-0.2, -0.15) is 5.10 Å². The normalized spacial score (nSPS) is 16.7. The number of anilines is 1. The van der Waals surface area contributed by atoms with Crippen LogP contribution >= 0.6 is 0 Å². The molecule has 3 nitrogen and oxygen atoms in total. The van der Waals surface area contributed by atoms with E-state index in [0.29, 0.717) is 0 Å². The van der Waals surface area contributed by atoms with Gasteiger partial charge in [-0.1, -0.05) is 103 Å². The van der Waals surface area contributed by atoms with Crippen LogP contribution in [-0.4, -0.2) is 11.9 Å². The molecule has 1 aliphatic heterocycles. The quantitative estimate of drug-likeness (QED) is 0.297. The fourth-order valence-electron chi connectivity index (χ4n) is 4.22. The van der Waals surface area contributed by atoms with E-state index < -0.39 is 0 Å². The molecule has 0 aliphatic carbocycles. The zero-order chi connectivity index (χ0) is 22.5. The van der Waals surface area contributed by atoms with Crippen LogP contribution in [0.4, 0.5) is 5.69 Å². The van der Waals surface area contributed by atoms with Crippen molar-refractivity contribution in [1.82, 2.24) is 0 Å². The largest absolute Gasteiger partial charge is 0.285 e. The molecule has 0 fully saturated rings. The van der Waals surface area contributed by atoms with Crippen LogP contribution in [0.1, 0.15) is 47.7 Å². The van der Waals surface area contributed by atoms with Gasteiger partial charge in [0.05, 0.1) is 23.5 Å². The van der Waals surface area contributed by atoms with Crippen LogP contribution in [0.15, 0.2) is 125 Å². The van der Waals surface area contributed by atoms with Gasteiger partial charge in [0, 0.05) is 12.6 Å². The van der Waals surface area contributed by atoms with E-state index in [0.717, 1.165) is 23.4 Å². The van der Waals surface area contributed by atoms with E-state index in [-0.39, 0.29) is 12.1 Å². The van der Waals surface area contributed by atoms with Gasteiger partial charge in [0.2, 0.25) is 0 Å². The first-order valence-electron chi connectivity index (χ1n) is 11.4. The first-order chi connectivity index (χ1) is 16.3. The molecule has 1 aliphatic rings. The molecule has 0 spiro atoms. The Morgan fingerprint density at radius 3 is 2.06 bits per heavy atom. The highest BCUT2D eigenvalue weighted by atomic mass is 15.5. The number of hydrazone groups is 1. The second-order valence-corrected chi connectivity index (χ2v) is 8.34. The molecule has 0 bridgehead atoms. The summed E-state index contributed by atoms with van der Waals surface area (Å²) in [6.45, 7) is 2.12. The number of hydrogen-bond acceptors (Lipinski definition) is 3. The third-order valence-electron chi connectivity index (χ3n) is 6.09. The molecule has 0 amide bonds. The molecule has 0 saturated carbocycles. The van der Waals surface area contributed by atoms with Crippen molar-refractivity contribution in [1.29, 1.82) is 0 Å². The van der Waals surface area contributed by atoms with Crippen LogP contribution in [0.5, 0.6) is 0 Å². The van der Waals surface area contributed by atoms with Gasteiger partial charge < -0.3 is 0 Å². The number of hydrogen-bond donors (Lipinski definition) is 0. The van der Waals surface area contributed by atoms with Gasteiger partial charge in [-0.3, -0.25) is 10.0 Å². The van der Waals surface area contributed by atoms with Gasteiger partial charge in [-0.25, -0.2) is 0 Å². The van der Waals surface area contributed by atoms with Crippen LogP contribution in [0.2, 0.25) is 0 Å². The summed E-state index contributed by atoms with van der Waals surface area (Å²) in [4.78, 5) is 4.74. The molecular weight excluding hydrogens is 402 g/mol. The van der Waals surface area contributed by atoms with Crippen molar-refractivity contribution in [2.45, 2.75) is 25.4 Å². The van der Waals surface area contributed by atoms with Crippen LogP contribution in [0.25, 0.3) is 0 Å². The standard InChI is InChI=1S/C30H27N3/c1-23(25-11-5-2-6-12-25)31-22-24-17-19-28(20-18-24)33-30(27-15-9-4-10-16-27)21-29(32-33)26-13-7-3-8-14-26/h2-20,22-23,30H,21H2,1H3/t23-,30+/m1/s1. The van der Waals surface area contributed by atoms with Gasteiger partial charge >= 0.3 is 0 Å². The molecule has 0 unspecified atom stereocenters. The minimum Gasteiger partial charge on any atom is -0.285 e. The van der Waals surface area contributed by atoms with Gasteiger partial charge in [0.15, 0.2) is 0 Å². The van der Waals surface area contributed by atoms with Crippen molar-refractivity contribution in [3.05, 3.63) is 138 Å². The molecule has 0 N–H and O–H groups in total. The first kappa shape index (κ1) is 20.9. The average molecular weight is 430 g/mol. The summed E-state index contributed by atoms with van der Waals surface area (Å²) < 4.78 is 0. The van der Waals surface area contributed by atoms with Crippen molar-refractivity contribution >= 4 is 17.6 Å². The van der Waals surface area contributed by atoms with Crippen LogP contribution in [0, 0.1) is 0 Å². The van der Waals surface area contributed by atoms with E-state index in [1.165, 1.54) is 16.7 Å². The second-order valence-electron chi connectivity index (χ2n) is 8.34. The predicted octanol–water partition coefficient (Wildman–Crippen LogP) is 7.22. The topological polar surface area (TPSA) is 28.0 Å². The molecule has 0 radical (unpaired) electrons. The summed E-state index contributed by atoms with van der Waals surface area (Å²) >= 11 is 0. The van der Waals surface area contributed by atoms with Crippen molar-refractivity contribution in [2.24, 2.45) is 10.1 Å². The van der Waals surface area contributed by atoms with E-state index >= 15 is 0 Å². The smallest absolute Gasteiger partial charge is 0.0831 e. The second kappa shape index (κ2) is 9.66. The highest BCUT2D eigenvalue weighted by Gasteiger charge is 2.29. The zero-order valence-corrected chi connectivity index (χ0v) is 18.8. The molecule has 2 atom stereocenters. The van der Waals surface area contributed by atoms with Crippen molar-refractivity contribution in [2.75, 3.05) is 5.01 Å². The SMILES string of the molecule is C[C@@H](N=Cc1ccc(N2N=C(c3ccccc3)C[C@H]2c2ccccc2)cc1)c1ccccc1.